The first kappa shape index (κ1) is 25.7. The molecule has 0 N–H and O–H groups in total. The molecule has 2 aliphatic rings. The molecule has 3 aromatic rings. The number of hydrogen-bond donors (Lipinski definition) is 0. The number of rotatable bonds is 7. The molecule has 7 nitrogen and oxygen atoms in total. The fraction of sp³-hybridized carbons (Fsp3) is 0.333. The summed E-state index contributed by atoms with van der Waals surface area (Å²) in [4.78, 5) is 17.9. The maximum atomic E-state index is 14.3. The number of hydrazone groups is 1. The van der Waals surface area contributed by atoms with Crippen molar-refractivity contribution in [1.82, 2.24) is 9.91 Å². The zero-order chi connectivity index (χ0) is 26.6. The van der Waals surface area contributed by atoms with Crippen LogP contribution in [0.25, 0.3) is 0 Å². The van der Waals surface area contributed by atoms with Gasteiger partial charge in [0.15, 0.2) is 0 Å². The molecule has 0 bridgehead atoms. The van der Waals surface area contributed by atoms with Crippen LogP contribution in [0.5, 0.6) is 11.5 Å². The molecule has 198 valence electrons. The van der Waals surface area contributed by atoms with Crippen molar-refractivity contribution in [3.8, 4) is 11.5 Å². The van der Waals surface area contributed by atoms with Crippen LogP contribution in [0.3, 0.4) is 0 Å². The molecule has 1 unspecified atom stereocenters. The van der Waals surface area contributed by atoms with Crippen molar-refractivity contribution in [2.24, 2.45) is 5.10 Å². The number of para-hydroxylation sites is 1. The van der Waals surface area contributed by atoms with Crippen molar-refractivity contribution >= 4 is 17.3 Å². The summed E-state index contributed by atoms with van der Waals surface area (Å²) in [6, 6.07) is 20.4. The molecule has 5 rings (SSSR count). The lowest BCUT2D eigenvalue weighted by molar-refractivity contribution is -0.134. The first-order chi connectivity index (χ1) is 18.5. The van der Waals surface area contributed by atoms with Crippen LogP contribution in [0.15, 0.2) is 71.8 Å². The molecular formula is C30H33FN4O3. The molecule has 1 saturated heterocycles. The van der Waals surface area contributed by atoms with Gasteiger partial charge in [0, 0.05) is 44.2 Å². The third-order valence-electron chi connectivity index (χ3n) is 7.24. The van der Waals surface area contributed by atoms with Crippen LogP contribution < -0.4 is 14.4 Å². The van der Waals surface area contributed by atoms with E-state index in [2.05, 4.69) is 11.0 Å². The lowest BCUT2D eigenvalue weighted by Gasteiger charge is -2.36. The van der Waals surface area contributed by atoms with E-state index < -0.39 is 0 Å². The topological polar surface area (TPSA) is 57.6 Å². The van der Waals surface area contributed by atoms with Gasteiger partial charge in [0.05, 0.1) is 38.2 Å². The van der Waals surface area contributed by atoms with Crippen LogP contribution >= 0.6 is 0 Å². The lowest BCUT2D eigenvalue weighted by Crippen LogP contribution is -2.49. The second kappa shape index (κ2) is 11.2. The van der Waals surface area contributed by atoms with E-state index in [4.69, 9.17) is 14.6 Å². The summed E-state index contributed by atoms with van der Waals surface area (Å²) in [7, 11) is 3.24. The summed E-state index contributed by atoms with van der Waals surface area (Å²) in [5.74, 6) is 1.05. The van der Waals surface area contributed by atoms with E-state index in [1.54, 1.807) is 31.4 Å². The zero-order valence-electron chi connectivity index (χ0n) is 22.1. The molecule has 0 spiro atoms. The number of amides is 1. The highest BCUT2D eigenvalue weighted by atomic mass is 19.1. The quantitative estimate of drug-likeness (QED) is 0.458. The van der Waals surface area contributed by atoms with Gasteiger partial charge < -0.3 is 14.4 Å². The Morgan fingerprint density at radius 1 is 0.974 bits per heavy atom. The van der Waals surface area contributed by atoms with E-state index in [9.17, 15) is 9.18 Å². The van der Waals surface area contributed by atoms with Crippen LogP contribution in [0.4, 0.5) is 10.1 Å². The van der Waals surface area contributed by atoms with E-state index in [1.165, 1.54) is 6.07 Å². The van der Waals surface area contributed by atoms with E-state index in [1.807, 2.05) is 54.3 Å². The van der Waals surface area contributed by atoms with E-state index in [0.717, 1.165) is 22.4 Å². The van der Waals surface area contributed by atoms with E-state index in [0.29, 0.717) is 49.8 Å². The van der Waals surface area contributed by atoms with Gasteiger partial charge in [-0.25, -0.2) is 9.40 Å². The normalized spacial score (nSPS) is 17.9. The third-order valence-corrected chi connectivity index (χ3v) is 7.24. The van der Waals surface area contributed by atoms with Crippen molar-refractivity contribution in [3.05, 3.63) is 89.2 Å². The van der Waals surface area contributed by atoms with Gasteiger partial charge in [-0.1, -0.05) is 42.0 Å². The number of ether oxygens (including phenoxy) is 2. The number of benzene rings is 3. The van der Waals surface area contributed by atoms with Gasteiger partial charge in [-0.3, -0.25) is 9.69 Å². The minimum Gasteiger partial charge on any atom is -0.497 e. The van der Waals surface area contributed by atoms with Crippen LogP contribution in [0.1, 0.15) is 29.2 Å². The molecule has 8 heteroatoms. The maximum absolute atomic E-state index is 14.3. The van der Waals surface area contributed by atoms with Gasteiger partial charge in [0.1, 0.15) is 17.3 Å². The number of halogens is 1. The number of anilines is 1. The molecule has 0 aliphatic carbocycles. The van der Waals surface area contributed by atoms with Crippen molar-refractivity contribution in [2.75, 3.05) is 51.8 Å². The van der Waals surface area contributed by atoms with Crippen LogP contribution in [-0.2, 0) is 4.79 Å². The average molecular weight is 517 g/mol. The van der Waals surface area contributed by atoms with Crippen LogP contribution in [0.2, 0.25) is 0 Å². The van der Waals surface area contributed by atoms with Gasteiger partial charge in [0.25, 0.3) is 5.91 Å². The number of aryl methyl sites for hydroxylation is 1. The van der Waals surface area contributed by atoms with Crippen molar-refractivity contribution < 1.29 is 18.7 Å². The zero-order valence-corrected chi connectivity index (χ0v) is 22.1. The molecule has 2 heterocycles. The minimum atomic E-state index is -0.293. The first-order valence-electron chi connectivity index (χ1n) is 12.9. The van der Waals surface area contributed by atoms with Crippen LogP contribution in [-0.4, -0.2) is 68.5 Å². The smallest absolute Gasteiger partial charge is 0.257 e. The summed E-state index contributed by atoms with van der Waals surface area (Å²) in [5, 5.41) is 6.46. The monoisotopic (exact) mass is 516 g/mol. The Bertz CT molecular complexity index is 1340. The third kappa shape index (κ3) is 5.36. The van der Waals surface area contributed by atoms with Crippen molar-refractivity contribution in [2.45, 2.75) is 19.4 Å². The summed E-state index contributed by atoms with van der Waals surface area (Å²) >= 11 is 0. The Hall–Kier alpha value is -3.91. The molecule has 0 saturated carbocycles. The minimum absolute atomic E-state index is 0.0742. The predicted molar refractivity (Wildman–Crippen MR) is 147 cm³/mol. The highest BCUT2D eigenvalue weighted by molar-refractivity contribution is 6.03. The Labute approximate surface area is 223 Å². The molecule has 1 fully saturated rings. The number of hydrogen-bond acceptors (Lipinski definition) is 6. The van der Waals surface area contributed by atoms with Gasteiger partial charge >= 0.3 is 0 Å². The fourth-order valence-corrected chi connectivity index (χ4v) is 5.19. The van der Waals surface area contributed by atoms with Gasteiger partial charge in [-0.15, -0.1) is 0 Å². The SMILES string of the molecule is COc1ccc(C2CC(c3cccc(C)c3)=NN2C(=O)CN2CCN(c3ccccc3F)CC2)c(OC)c1. The second-order valence-electron chi connectivity index (χ2n) is 9.70. The maximum Gasteiger partial charge on any atom is 0.257 e. The first-order valence-corrected chi connectivity index (χ1v) is 12.9. The molecule has 3 aromatic carbocycles. The van der Waals surface area contributed by atoms with Gasteiger partial charge in [0.2, 0.25) is 0 Å². The second-order valence-corrected chi connectivity index (χ2v) is 9.70. The highest BCUT2D eigenvalue weighted by Gasteiger charge is 2.36. The number of carbonyl (C=O) groups excluding carboxylic acids is 1. The standard InChI is InChI=1S/C30H33FN4O3/c1-21-7-6-8-22(17-21)26-19-28(24-12-11-23(37-2)18-29(24)38-3)35(32-26)30(36)20-33-13-15-34(16-14-33)27-10-5-4-9-25(27)31/h4-12,17-18,28H,13-16,19-20H2,1-3H3. The Morgan fingerprint density at radius 2 is 1.76 bits per heavy atom. The van der Waals surface area contributed by atoms with Gasteiger partial charge in [-0.05, 0) is 36.8 Å². The predicted octanol–water partition coefficient (Wildman–Crippen LogP) is 4.65. The van der Waals surface area contributed by atoms with Crippen molar-refractivity contribution in [1.29, 1.82) is 0 Å². The molecular weight excluding hydrogens is 483 g/mol. The Kier molecular flexibility index (Phi) is 7.60. The molecule has 0 radical (unpaired) electrons. The number of carbonyl (C=O) groups is 1. The lowest BCUT2D eigenvalue weighted by atomic mass is 9.97. The highest BCUT2D eigenvalue weighted by Crippen LogP contribution is 2.39. The summed E-state index contributed by atoms with van der Waals surface area (Å²) < 4.78 is 25.3. The fourth-order valence-electron chi connectivity index (χ4n) is 5.19. The summed E-state index contributed by atoms with van der Waals surface area (Å²) in [6.45, 7) is 4.93. The molecule has 1 amide bonds. The molecule has 2 aliphatic heterocycles. The molecule has 38 heavy (non-hydrogen) atoms. The number of methoxy groups -OCH3 is 2. The van der Waals surface area contributed by atoms with Gasteiger partial charge in [-0.2, -0.15) is 5.10 Å². The van der Waals surface area contributed by atoms with Crippen molar-refractivity contribution in [3.63, 3.8) is 0 Å². The van der Waals surface area contributed by atoms with E-state index >= 15 is 0 Å². The summed E-state index contributed by atoms with van der Waals surface area (Å²) in [5.41, 5.74) is 4.52. The number of nitrogens with zero attached hydrogens (tertiary/aromatic N) is 4. The summed E-state index contributed by atoms with van der Waals surface area (Å²) in [6.07, 6.45) is 0.582. The van der Waals surface area contributed by atoms with Crippen LogP contribution in [0, 0.1) is 12.7 Å². The molecule has 1 atom stereocenters. The largest absolute Gasteiger partial charge is 0.497 e. The molecule has 0 aromatic heterocycles. The van der Waals surface area contributed by atoms with E-state index in [-0.39, 0.29) is 24.3 Å². The Morgan fingerprint density at radius 3 is 2.47 bits per heavy atom. The Balaban J connectivity index is 1.36. The average Bonchev–Trinajstić information content (AvgIpc) is 3.39. The number of piperazine rings is 1.